The summed E-state index contributed by atoms with van der Waals surface area (Å²) >= 11 is 0. The number of nitrogens with zero attached hydrogens (tertiary/aromatic N) is 1. The molecule has 2 heteroatoms. The lowest BCUT2D eigenvalue weighted by Crippen LogP contribution is -2.59. The van der Waals surface area contributed by atoms with E-state index >= 15 is 0 Å². The van der Waals surface area contributed by atoms with Crippen molar-refractivity contribution in [3.05, 3.63) is 29.8 Å². The second-order valence-electron chi connectivity index (χ2n) is 5.56. The molecular weight excluding hydrogens is 196 g/mol. The molecule has 1 aliphatic heterocycles. The van der Waals surface area contributed by atoms with Crippen LogP contribution in [0.15, 0.2) is 24.3 Å². The summed E-state index contributed by atoms with van der Waals surface area (Å²) in [6.07, 6.45) is 5.58. The molecule has 16 heavy (non-hydrogen) atoms. The Hall–Kier alpha value is -1.02. The third-order valence-corrected chi connectivity index (χ3v) is 4.23. The SMILES string of the molecule is Nc1ccc(CCN2CC3(CCC3)C2)cc1. The molecule has 0 radical (unpaired) electrons. The van der Waals surface area contributed by atoms with Gasteiger partial charge in [0.05, 0.1) is 0 Å². The minimum atomic E-state index is 0.765. The van der Waals surface area contributed by atoms with Gasteiger partial charge in [-0.2, -0.15) is 0 Å². The number of hydrogen-bond acceptors (Lipinski definition) is 2. The van der Waals surface area contributed by atoms with E-state index in [0.717, 1.165) is 17.5 Å². The third kappa shape index (κ3) is 1.82. The van der Waals surface area contributed by atoms with E-state index in [-0.39, 0.29) is 0 Å². The van der Waals surface area contributed by atoms with Crippen LogP contribution < -0.4 is 5.73 Å². The van der Waals surface area contributed by atoms with Crippen LogP contribution >= 0.6 is 0 Å². The smallest absolute Gasteiger partial charge is 0.0314 e. The molecular formula is C14H20N2. The number of rotatable bonds is 3. The van der Waals surface area contributed by atoms with Crippen molar-refractivity contribution in [3.63, 3.8) is 0 Å². The van der Waals surface area contributed by atoms with Crippen LogP contribution in [0.25, 0.3) is 0 Å². The van der Waals surface area contributed by atoms with Crippen molar-refractivity contribution in [1.29, 1.82) is 0 Å². The largest absolute Gasteiger partial charge is 0.399 e. The monoisotopic (exact) mass is 216 g/mol. The highest BCUT2D eigenvalue weighted by Gasteiger charge is 2.46. The van der Waals surface area contributed by atoms with Gasteiger partial charge in [0.1, 0.15) is 0 Å². The van der Waals surface area contributed by atoms with E-state index in [0.29, 0.717) is 0 Å². The standard InChI is InChI=1S/C14H20N2/c15-13-4-2-12(3-5-13)6-9-16-10-14(11-16)7-1-8-14/h2-5H,1,6-11,15H2. The summed E-state index contributed by atoms with van der Waals surface area (Å²) < 4.78 is 0. The molecule has 2 fully saturated rings. The normalized spacial score (nSPS) is 22.8. The highest BCUT2D eigenvalue weighted by atomic mass is 15.2. The fourth-order valence-electron chi connectivity index (χ4n) is 3.03. The fraction of sp³-hybridized carbons (Fsp3) is 0.571. The topological polar surface area (TPSA) is 29.3 Å². The van der Waals surface area contributed by atoms with E-state index in [4.69, 9.17) is 5.73 Å². The van der Waals surface area contributed by atoms with E-state index in [2.05, 4.69) is 17.0 Å². The molecule has 0 atom stereocenters. The van der Waals surface area contributed by atoms with Crippen molar-refractivity contribution < 1.29 is 0 Å². The Balaban J connectivity index is 1.45. The van der Waals surface area contributed by atoms with Crippen LogP contribution in [-0.4, -0.2) is 24.5 Å². The zero-order valence-corrected chi connectivity index (χ0v) is 9.78. The molecule has 0 aromatic heterocycles. The van der Waals surface area contributed by atoms with Gasteiger partial charge in [-0.25, -0.2) is 0 Å². The van der Waals surface area contributed by atoms with Crippen molar-refractivity contribution >= 4 is 5.69 Å². The van der Waals surface area contributed by atoms with Crippen LogP contribution in [0.5, 0.6) is 0 Å². The number of nitrogen functional groups attached to an aromatic ring is 1. The van der Waals surface area contributed by atoms with Crippen LogP contribution in [0, 0.1) is 5.41 Å². The van der Waals surface area contributed by atoms with E-state index in [9.17, 15) is 0 Å². The lowest BCUT2D eigenvalue weighted by Gasteiger charge is -2.56. The average molecular weight is 216 g/mol. The van der Waals surface area contributed by atoms with Crippen LogP contribution in [0.4, 0.5) is 5.69 Å². The Morgan fingerprint density at radius 1 is 1.12 bits per heavy atom. The molecule has 1 saturated carbocycles. The van der Waals surface area contributed by atoms with Gasteiger partial charge in [-0.3, -0.25) is 0 Å². The molecule has 2 aliphatic rings. The first-order valence-corrected chi connectivity index (χ1v) is 6.33. The third-order valence-electron chi connectivity index (χ3n) is 4.23. The minimum Gasteiger partial charge on any atom is -0.399 e. The lowest BCUT2D eigenvalue weighted by molar-refractivity contribution is -0.0586. The van der Waals surface area contributed by atoms with Gasteiger partial charge in [0.2, 0.25) is 0 Å². The van der Waals surface area contributed by atoms with Crippen molar-refractivity contribution in [2.45, 2.75) is 25.7 Å². The van der Waals surface area contributed by atoms with Crippen LogP contribution in [0.1, 0.15) is 24.8 Å². The Morgan fingerprint density at radius 3 is 2.38 bits per heavy atom. The van der Waals surface area contributed by atoms with Gasteiger partial charge in [0, 0.05) is 25.3 Å². The van der Waals surface area contributed by atoms with Crippen molar-refractivity contribution in [2.24, 2.45) is 5.41 Å². The molecule has 0 bridgehead atoms. The average Bonchev–Trinajstić information content (AvgIpc) is 2.16. The quantitative estimate of drug-likeness (QED) is 0.786. The molecule has 1 aromatic carbocycles. The molecule has 1 heterocycles. The first-order valence-electron chi connectivity index (χ1n) is 6.33. The van der Waals surface area contributed by atoms with Crippen molar-refractivity contribution in [2.75, 3.05) is 25.4 Å². The van der Waals surface area contributed by atoms with Gasteiger partial charge in [-0.05, 0) is 42.4 Å². The summed E-state index contributed by atoms with van der Waals surface area (Å²) in [5.41, 5.74) is 8.70. The van der Waals surface area contributed by atoms with Crippen molar-refractivity contribution in [1.82, 2.24) is 4.90 Å². The molecule has 0 amide bonds. The molecule has 3 rings (SSSR count). The number of likely N-dealkylation sites (tertiary alicyclic amines) is 1. The molecule has 1 aliphatic carbocycles. The highest BCUT2D eigenvalue weighted by molar-refractivity contribution is 5.39. The predicted octanol–water partition coefficient (Wildman–Crippen LogP) is 2.30. The van der Waals surface area contributed by atoms with Crippen LogP contribution in [0.2, 0.25) is 0 Å². The molecule has 2 nitrogen and oxygen atoms in total. The molecule has 2 N–H and O–H groups in total. The highest BCUT2D eigenvalue weighted by Crippen LogP contribution is 2.47. The first-order chi connectivity index (χ1) is 7.76. The number of benzene rings is 1. The van der Waals surface area contributed by atoms with Crippen LogP contribution in [0.3, 0.4) is 0 Å². The fourth-order valence-corrected chi connectivity index (χ4v) is 3.03. The maximum Gasteiger partial charge on any atom is 0.0314 e. The zero-order valence-electron chi connectivity index (χ0n) is 9.78. The Bertz CT molecular complexity index is 357. The Kier molecular flexibility index (Phi) is 2.40. The van der Waals surface area contributed by atoms with E-state index in [1.54, 1.807) is 0 Å². The number of anilines is 1. The predicted molar refractivity (Wildman–Crippen MR) is 67.3 cm³/mol. The van der Waals surface area contributed by atoms with Crippen LogP contribution in [-0.2, 0) is 6.42 Å². The van der Waals surface area contributed by atoms with Gasteiger partial charge in [-0.15, -0.1) is 0 Å². The first kappa shape index (κ1) is 10.2. The van der Waals surface area contributed by atoms with Crippen molar-refractivity contribution in [3.8, 4) is 0 Å². The summed E-state index contributed by atoms with van der Waals surface area (Å²) in [6.45, 7) is 3.91. The van der Waals surface area contributed by atoms with Gasteiger partial charge in [0.15, 0.2) is 0 Å². The summed E-state index contributed by atoms with van der Waals surface area (Å²) in [4.78, 5) is 2.59. The van der Waals surface area contributed by atoms with E-state index in [1.165, 1.54) is 44.5 Å². The summed E-state index contributed by atoms with van der Waals surface area (Å²) in [5, 5.41) is 0. The maximum atomic E-state index is 5.67. The van der Waals surface area contributed by atoms with E-state index in [1.807, 2.05) is 12.1 Å². The van der Waals surface area contributed by atoms with Gasteiger partial charge >= 0.3 is 0 Å². The molecule has 86 valence electrons. The molecule has 1 saturated heterocycles. The lowest BCUT2D eigenvalue weighted by atomic mass is 9.63. The van der Waals surface area contributed by atoms with Gasteiger partial charge in [-0.1, -0.05) is 18.6 Å². The Morgan fingerprint density at radius 2 is 1.81 bits per heavy atom. The summed E-state index contributed by atoms with van der Waals surface area (Å²) in [7, 11) is 0. The second-order valence-corrected chi connectivity index (χ2v) is 5.56. The van der Waals surface area contributed by atoms with E-state index < -0.39 is 0 Å². The summed E-state index contributed by atoms with van der Waals surface area (Å²) in [6, 6.07) is 8.29. The molecule has 1 spiro atoms. The Labute approximate surface area is 97.4 Å². The molecule has 0 unspecified atom stereocenters. The molecule has 1 aromatic rings. The second kappa shape index (κ2) is 3.77. The minimum absolute atomic E-state index is 0.765. The van der Waals surface area contributed by atoms with Gasteiger partial charge in [0.25, 0.3) is 0 Å². The number of nitrogens with two attached hydrogens (primary N) is 1. The summed E-state index contributed by atoms with van der Waals surface area (Å²) in [5.74, 6) is 0. The maximum absolute atomic E-state index is 5.67. The van der Waals surface area contributed by atoms with Gasteiger partial charge < -0.3 is 10.6 Å². The number of hydrogen-bond donors (Lipinski definition) is 1. The zero-order chi connectivity index (χ0) is 11.0.